The number of carbonyl (C=O) groups excluding carboxylic acids is 1. The highest BCUT2D eigenvalue weighted by molar-refractivity contribution is 7.89. The zero-order valence-electron chi connectivity index (χ0n) is 24.6. The van der Waals surface area contributed by atoms with Crippen LogP contribution < -0.4 is 14.8 Å². The molecule has 1 fully saturated rings. The van der Waals surface area contributed by atoms with Crippen LogP contribution in [0.3, 0.4) is 0 Å². The van der Waals surface area contributed by atoms with Crippen molar-refractivity contribution in [1.29, 1.82) is 5.26 Å². The third kappa shape index (κ3) is 8.21. The van der Waals surface area contributed by atoms with Crippen LogP contribution in [0.25, 0.3) is 0 Å². The molecule has 0 bridgehead atoms. The number of hydrogen-bond donors (Lipinski definition) is 2. The molecule has 1 heterocycles. The highest BCUT2D eigenvalue weighted by Crippen LogP contribution is 2.41. The van der Waals surface area contributed by atoms with E-state index in [2.05, 4.69) is 10.8 Å². The van der Waals surface area contributed by atoms with Crippen molar-refractivity contribution in [2.45, 2.75) is 49.0 Å². The SMILES string of the molecule is Cc1cc(S(=O)(=O)N[C@H]2CCN(CCOCCNC(=O)C(F)(F)F)C2)ccc1O[C@H]1c2cc(Cl)cc(C#N)c2C[C@@H]1N(C)C. The van der Waals surface area contributed by atoms with Crippen molar-refractivity contribution in [2.75, 3.05) is 53.5 Å². The van der Waals surface area contributed by atoms with Crippen LogP contribution in [0.4, 0.5) is 13.2 Å². The molecule has 0 radical (unpaired) electrons. The van der Waals surface area contributed by atoms with Crippen molar-refractivity contribution in [3.63, 3.8) is 0 Å². The zero-order chi connectivity index (χ0) is 32.2. The maximum atomic E-state index is 13.2. The number of fused-ring (bicyclic) bond motifs is 1. The highest BCUT2D eigenvalue weighted by atomic mass is 35.5. The van der Waals surface area contributed by atoms with Gasteiger partial charge in [0, 0.05) is 30.7 Å². The number of amides is 1. The number of halogens is 4. The molecule has 4 rings (SSSR count). The van der Waals surface area contributed by atoms with Crippen LogP contribution >= 0.6 is 11.6 Å². The van der Waals surface area contributed by atoms with Crippen molar-refractivity contribution >= 4 is 27.5 Å². The Morgan fingerprint density at radius 1 is 1.23 bits per heavy atom. The number of nitriles is 1. The van der Waals surface area contributed by atoms with Crippen LogP contribution in [0.15, 0.2) is 35.2 Å². The molecule has 1 saturated heterocycles. The molecule has 2 aromatic rings. The number of likely N-dealkylation sites (tertiary alicyclic amines) is 1. The molecule has 0 unspecified atom stereocenters. The second-order valence-corrected chi connectivity index (χ2v) is 13.3. The van der Waals surface area contributed by atoms with Gasteiger partial charge in [-0.2, -0.15) is 18.4 Å². The molecule has 0 saturated carbocycles. The van der Waals surface area contributed by atoms with Crippen molar-refractivity contribution < 1.29 is 35.9 Å². The van der Waals surface area contributed by atoms with Gasteiger partial charge in [0.2, 0.25) is 10.0 Å². The lowest BCUT2D eigenvalue weighted by Gasteiger charge is -2.28. The third-order valence-electron chi connectivity index (χ3n) is 7.75. The Kier molecular flexibility index (Phi) is 10.8. The number of nitrogens with zero attached hydrogens (tertiary/aromatic N) is 3. The molecule has 1 aliphatic carbocycles. The lowest BCUT2D eigenvalue weighted by atomic mass is 10.0. The lowest BCUT2D eigenvalue weighted by molar-refractivity contribution is -0.173. The number of hydrogen-bond acceptors (Lipinski definition) is 8. The van der Waals surface area contributed by atoms with Crippen molar-refractivity contribution in [2.24, 2.45) is 0 Å². The summed E-state index contributed by atoms with van der Waals surface area (Å²) in [4.78, 5) is 14.9. The van der Waals surface area contributed by atoms with E-state index in [1.54, 1.807) is 30.4 Å². The van der Waals surface area contributed by atoms with Gasteiger partial charge in [-0.1, -0.05) is 11.6 Å². The van der Waals surface area contributed by atoms with Crippen LogP contribution in [-0.4, -0.2) is 95.9 Å². The summed E-state index contributed by atoms with van der Waals surface area (Å²) in [7, 11) is 0.0488. The molecular weight excluding hydrogens is 623 g/mol. The largest absolute Gasteiger partial charge is 0.484 e. The molecule has 3 atom stereocenters. The van der Waals surface area contributed by atoms with E-state index in [1.807, 2.05) is 30.0 Å². The van der Waals surface area contributed by atoms with Crippen LogP contribution in [0.5, 0.6) is 5.75 Å². The quantitative estimate of drug-likeness (QED) is 0.334. The molecule has 2 aliphatic rings. The number of sulfonamides is 1. The first-order valence-electron chi connectivity index (χ1n) is 14.0. The molecule has 0 aromatic heterocycles. The minimum absolute atomic E-state index is 0.0500. The van der Waals surface area contributed by atoms with Gasteiger partial charge in [0.05, 0.1) is 35.8 Å². The zero-order valence-corrected chi connectivity index (χ0v) is 26.2. The average Bonchev–Trinajstić information content (AvgIpc) is 3.54. The number of carbonyl (C=O) groups is 1. The predicted octanol–water partition coefficient (Wildman–Crippen LogP) is 3.17. The summed E-state index contributed by atoms with van der Waals surface area (Å²) >= 11 is 6.30. The van der Waals surface area contributed by atoms with E-state index in [-0.39, 0.29) is 36.7 Å². The topological polar surface area (TPSA) is 124 Å². The summed E-state index contributed by atoms with van der Waals surface area (Å²) in [5.41, 5.74) is 2.89. The fourth-order valence-electron chi connectivity index (χ4n) is 5.47. The Morgan fingerprint density at radius 2 is 1.98 bits per heavy atom. The molecule has 44 heavy (non-hydrogen) atoms. The smallest absolute Gasteiger partial charge is 0.471 e. The van der Waals surface area contributed by atoms with E-state index < -0.39 is 28.2 Å². The Labute approximate surface area is 260 Å². The standard InChI is InChI=1S/C29H35ClF3N5O5S/c1-18-12-22(4-5-26(18)43-27-24-14-20(30)13-19(16-34)23(24)15-25(27)37(2)3)44(40,41)36-21-6-8-38(17-21)9-11-42-10-7-35-28(39)29(31,32)33/h4-5,12-14,21,25,27,36H,6-11,15,17H2,1-3H3,(H,35,39)/t21-,25-,27-/m0/s1. The molecule has 0 spiro atoms. The first-order valence-corrected chi connectivity index (χ1v) is 15.9. The first kappa shape index (κ1) is 34.0. The molecule has 15 heteroatoms. The summed E-state index contributed by atoms with van der Waals surface area (Å²) in [6, 6.07) is 10.0. The molecule has 240 valence electrons. The maximum Gasteiger partial charge on any atom is 0.471 e. The number of ether oxygens (including phenoxy) is 2. The van der Waals surface area contributed by atoms with Crippen LogP contribution in [0.2, 0.25) is 5.02 Å². The molecule has 10 nitrogen and oxygen atoms in total. The van der Waals surface area contributed by atoms with E-state index in [0.29, 0.717) is 54.4 Å². The number of likely N-dealkylation sites (N-methyl/N-ethyl adjacent to an activating group) is 1. The van der Waals surface area contributed by atoms with Gasteiger partial charge in [0.25, 0.3) is 0 Å². The molecule has 1 amide bonds. The highest BCUT2D eigenvalue weighted by Gasteiger charge is 2.39. The third-order valence-corrected chi connectivity index (χ3v) is 9.48. The Hall–Kier alpha value is -2.93. The van der Waals surface area contributed by atoms with Crippen LogP contribution in [0.1, 0.15) is 34.8 Å². The van der Waals surface area contributed by atoms with Gasteiger partial charge < -0.3 is 19.7 Å². The van der Waals surface area contributed by atoms with E-state index in [1.165, 1.54) is 6.07 Å². The number of alkyl halides is 3. The van der Waals surface area contributed by atoms with Gasteiger partial charge in [0.1, 0.15) is 11.9 Å². The Bertz CT molecular complexity index is 1520. The molecule has 1 aliphatic heterocycles. The molecular formula is C29H35ClF3N5O5S. The second kappa shape index (κ2) is 14.0. The van der Waals surface area contributed by atoms with Gasteiger partial charge in [-0.15, -0.1) is 0 Å². The van der Waals surface area contributed by atoms with E-state index in [4.69, 9.17) is 21.1 Å². The number of benzene rings is 2. The van der Waals surface area contributed by atoms with Crippen molar-refractivity contribution in [3.05, 3.63) is 57.6 Å². The summed E-state index contributed by atoms with van der Waals surface area (Å²) in [5.74, 6) is -1.48. The number of nitrogens with one attached hydrogen (secondary N) is 2. The van der Waals surface area contributed by atoms with Crippen LogP contribution in [0, 0.1) is 18.3 Å². The predicted molar refractivity (Wildman–Crippen MR) is 157 cm³/mol. The Morgan fingerprint density at radius 3 is 2.64 bits per heavy atom. The summed E-state index contributed by atoms with van der Waals surface area (Å²) in [5, 5.41) is 11.8. The van der Waals surface area contributed by atoms with Gasteiger partial charge in [-0.25, -0.2) is 13.1 Å². The normalized spacial score (nSPS) is 20.5. The average molecular weight is 658 g/mol. The van der Waals surface area contributed by atoms with Gasteiger partial charge in [-0.05, 0) is 87.4 Å². The minimum Gasteiger partial charge on any atom is -0.484 e. The second-order valence-electron chi connectivity index (χ2n) is 11.1. The minimum atomic E-state index is -4.93. The first-order chi connectivity index (χ1) is 20.7. The van der Waals surface area contributed by atoms with Gasteiger partial charge >= 0.3 is 12.1 Å². The fraction of sp³-hybridized carbons (Fsp3) is 0.517. The summed E-state index contributed by atoms with van der Waals surface area (Å²) < 4.78 is 77.5. The van der Waals surface area contributed by atoms with Crippen molar-refractivity contribution in [3.8, 4) is 11.8 Å². The molecule has 2 aromatic carbocycles. The lowest BCUT2D eigenvalue weighted by Crippen LogP contribution is -2.39. The summed E-state index contributed by atoms with van der Waals surface area (Å²) in [6.07, 6.45) is -4.13. The van der Waals surface area contributed by atoms with Crippen molar-refractivity contribution in [1.82, 2.24) is 19.8 Å². The van der Waals surface area contributed by atoms with E-state index in [9.17, 15) is 31.6 Å². The van der Waals surface area contributed by atoms with Crippen LogP contribution in [-0.2, 0) is 26.0 Å². The Balaban J connectivity index is 1.32. The van der Waals surface area contributed by atoms with Gasteiger partial charge in [0.15, 0.2) is 0 Å². The van der Waals surface area contributed by atoms with Gasteiger partial charge in [-0.3, -0.25) is 9.69 Å². The monoisotopic (exact) mass is 657 g/mol. The van der Waals surface area contributed by atoms with E-state index in [0.717, 1.165) is 11.1 Å². The van der Waals surface area contributed by atoms with E-state index >= 15 is 0 Å². The summed E-state index contributed by atoms with van der Waals surface area (Å²) in [6.45, 7) is 3.23. The number of rotatable bonds is 12. The fourth-order valence-corrected chi connectivity index (χ4v) is 7.04. The maximum absolute atomic E-state index is 13.2. The molecule has 2 N–H and O–H groups in total. The number of aryl methyl sites for hydroxylation is 1.